The SMILES string of the molecule is Cc1ccc2c(c1)CC(Cn1cccc1CC(C)N)O2. The molecule has 1 aliphatic rings. The van der Waals surface area contributed by atoms with Gasteiger partial charge in [0.05, 0.1) is 6.54 Å². The van der Waals surface area contributed by atoms with Gasteiger partial charge in [0.2, 0.25) is 0 Å². The smallest absolute Gasteiger partial charge is 0.123 e. The summed E-state index contributed by atoms with van der Waals surface area (Å²) >= 11 is 0. The summed E-state index contributed by atoms with van der Waals surface area (Å²) in [6.07, 6.45) is 4.25. The zero-order chi connectivity index (χ0) is 14.1. The molecule has 1 aromatic carbocycles. The standard InChI is InChI=1S/C17H22N2O/c1-12-5-6-17-14(8-12)10-16(20-17)11-19-7-3-4-15(19)9-13(2)18/h3-8,13,16H,9-11,18H2,1-2H3. The van der Waals surface area contributed by atoms with Crippen LogP contribution in [-0.4, -0.2) is 16.7 Å². The number of benzene rings is 1. The van der Waals surface area contributed by atoms with Gasteiger partial charge in [-0.2, -0.15) is 0 Å². The summed E-state index contributed by atoms with van der Waals surface area (Å²) in [5.74, 6) is 1.04. The van der Waals surface area contributed by atoms with Crippen LogP contribution in [0.2, 0.25) is 0 Å². The summed E-state index contributed by atoms with van der Waals surface area (Å²) in [5.41, 5.74) is 9.82. The van der Waals surface area contributed by atoms with Gasteiger partial charge in [-0.15, -0.1) is 0 Å². The van der Waals surface area contributed by atoms with Gasteiger partial charge in [-0.1, -0.05) is 17.7 Å². The molecule has 2 N–H and O–H groups in total. The Morgan fingerprint density at radius 1 is 1.40 bits per heavy atom. The molecule has 0 saturated carbocycles. The van der Waals surface area contributed by atoms with Crippen molar-refractivity contribution in [1.29, 1.82) is 0 Å². The Hall–Kier alpha value is -1.74. The number of ether oxygens (including phenoxy) is 1. The second kappa shape index (κ2) is 5.33. The highest BCUT2D eigenvalue weighted by atomic mass is 16.5. The zero-order valence-corrected chi connectivity index (χ0v) is 12.2. The lowest BCUT2D eigenvalue weighted by Crippen LogP contribution is -2.24. The van der Waals surface area contributed by atoms with E-state index in [1.165, 1.54) is 16.8 Å². The highest BCUT2D eigenvalue weighted by molar-refractivity contribution is 5.40. The van der Waals surface area contributed by atoms with E-state index in [1.807, 2.05) is 6.92 Å². The lowest BCUT2D eigenvalue weighted by molar-refractivity contribution is 0.208. The maximum absolute atomic E-state index is 6.04. The molecule has 0 bridgehead atoms. The molecule has 1 aliphatic heterocycles. The molecule has 0 saturated heterocycles. The summed E-state index contributed by atoms with van der Waals surface area (Å²) in [5, 5.41) is 0. The van der Waals surface area contributed by atoms with Crippen molar-refractivity contribution in [1.82, 2.24) is 4.57 Å². The molecule has 2 atom stereocenters. The van der Waals surface area contributed by atoms with Crippen LogP contribution in [0.3, 0.4) is 0 Å². The van der Waals surface area contributed by atoms with E-state index in [0.29, 0.717) is 0 Å². The van der Waals surface area contributed by atoms with E-state index in [2.05, 4.69) is 48.0 Å². The number of aromatic nitrogens is 1. The Balaban J connectivity index is 1.70. The van der Waals surface area contributed by atoms with Crippen molar-refractivity contribution in [2.24, 2.45) is 5.73 Å². The summed E-state index contributed by atoms with van der Waals surface area (Å²) in [6, 6.07) is 10.8. The number of hydrogen-bond acceptors (Lipinski definition) is 2. The van der Waals surface area contributed by atoms with Crippen LogP contribution in [0.1, 0.15) is 23.7 Å². The van der Waals surface area contributed by atoms with Gasteiger partial charge in [-0.05, 0) is 37.6 Å². The van der Waals surface area contributed by atoms with E-state index in [0.717, 1.165) is 25.1 Å². The maximum Gasteiger partial charge on any atom is 0.123 e. The van der Waals surface area contributed by atoms with Crippen LogP contribution in [0.5, 0.6) is 5.75 Å². The van der Waals surface area contributed by atoms with Gasteiger partial charge in [0.15, 0.2) is 0 Å². The topological polar surface area (TPSA) is 40.2 Å². The first kappa shape index (κ1) is 13.3. The fourth-order valence-corrected chi connectivity index (χ4v) is 2.91. The molecule has 3 heteroatoms. The predicted octanol–water partition coefficient (Wildman–Crippen LogP) is 2.69. The van der Waals surface area contributed by atoms with Crippen LogP contribution in [-0.2, 0) is 19.4 Å². The minimum atomic E-state index is 0.188. The molecule has 0 spiro atoms. The third-order valence-corrected chi connectivity index (χ3v) is 3.81. The molecule has 0 aliphatic carbocycles. The Labute approximate surface area is 120 Å². The highest BCUT2D eigenvalue weighted by Crippen LogP contribution is 2.30. The number of hydrogen-bond donors (Lipinski definition) is 1. The van der Waals surface area contributed by atoms with Crippen molar-refractivity contribution in [2.75, 3.05) is 0 Å². The van der Waals surface area contributed by atoms with Crippen LogP contribution in [0.25, 0.3) is 0 Å². The summed E-state index contributed by atoms with van der Waals surface area (Å²) in [6.45, 7) is 5.06. The van der Waals surface area contributed by atoms with E-state index >= 15 is 0 Å². The number of fused-ring (bicyclic) bond motifs is 1. The molecule has 0 fully saturated rings. The molecule has 3 rings (SSSR count). The van der Waals surface area contributed by atoms with Crippen molar-refractivity contribution in [3.8, 4) is 5.75 Å². The second-order valence-electron chi connectivity index (χ2n) is 5.89. The van der Waals surface area contributed by atoms with Crippen LogP contribution in [0.15, 0.2) is 36.5 Å². The molecule has 106 valence electrons. The molecule has 20 heavy (non-hydrogen) atoms. The van der Waals surface area contributed by atoms with Crippen molar-refractivity contribution in [2.45, 2.75) is 45.4 Å². The summed E-state index contributed by atoms with van der Waals surface area (Å²) in [4.78, 5) is 0. The predicted molar refractivity (Wildman–Crippen MR) is 81.1 cm³/mol. The molecule has 0 radical (unpaired) electrons. The first-order valence-corrected chi connectivity index (χ1v) is 7.27. The zero-order valence-electron chi connectivity index (χ0n) is 12.2. The summed E-state index contributed by atoms with van der Waals surface area (Å²) < 4.78 is 8.31. The third-order valence-electron chi connectivity index (χ3n) is 3.81. The van der Waals surface area contributed by atoms with Gasteiger partial charge < -0.3 is 15.0 Å². The van der Waals surface area contributed by atoms with Crippen molar-refractivity contribution in [3.63, 3.8) is 0 Å². The number of aryl methyl sites for hydroxylation is 1. The third kappa shape index (κ3) is 2.73. The van der Waals surface area contributed by atoms with Crippen molar-refractivity contribution < 1.29 is 4.74 Å². The minimum Gasteiger partial charge on any atom is -0.488 e. The van der Waals surface area contributed by atoms with E-state index in [9.17, 15) is 0 Å². The van der Waals surface area contributed by atoms with E-state index in [1.54, 1.807) is 0 Å². The Morgan fingerprint density at radius 3 is 3.05 bits per heavy atom. The Kier molecular flexibility index (Phi) is 3.53. The number of nitrogens with two attached hydrogens (primary N) is 1. The van der Waals surface area contributed by atoms with Gasteiger partial charge in [0, 0.05) is 30.8 Å². The minimum absolute atomic E-state index is 0.188. The molecule has 2 unspecified atom stereocenters. The lowest BCUT2D eigenvalue weighted by atomic mass is 10.1. The molecule has 2 heterocycles. The fraction of sp³-hybridized carbons (Fsp3) is 0.412. The highest BCUT2D eigenvalue weighted by Gasteiger charge is 2.23. The van der Waals surface area contributed by atoms with Gasteiger partial charge in [0.25, 0.3) is 0 Å². The molecule has 1 aromatic heterocycles. The van der Waals surface area contributed by atoms with Gasteiger partial charge in [-0.3, -0.25) is 0 Å². The Morgan fingerprint density at radius 2 is 2.25 bits per heavy atom. The van der Waals surface area contributed by atoms with Crippen molar-refractivity contribution in [3.05, 3.63) is 53.3 Å². The van der Waals surface area contributed by atoms with Gasteiger partial charge in [0.1, 0.15) is 11.9 Å². The summed E-state index contributed by atoms with van der Waals surface area (Å²) in [7, 11) is 0. The average molecular weight is 270 g/mol. The van der Waals surface area contributed by atoms with Gasteiger partial charge >= 0.3 is 0 Å². The molecule has 3 nitrogen and oxygen atoms in total. The largest absolute Gasteiger partial charge is 0.488 e. The first-order chi connectivity index (χ1) is 9.61. The van der Waals surface area contributed by atoms with E-state index in [-0.39, 0.29) is 12.1 Å². The van der Waals surface area contributed by atoms with Gasteiger partial charge in [-0.25, -0.2) is 0 Å². The lowest BCUT2D eigenvalue weighted by Gasteiger charge is -2.15. The molecule has 0 amide bonds. The van der Waals surface area contributed by atoms with Crippen LogP contribution < -0.4 is 10.5 Å². The number of rotatable bonds is 4. The molecular weight excluding hydrogens is 248 g/mol. The van der Waals surface area contributed by atoms with Crippen molar-refractivity contribution >= 4 is 0 Å². The normalized spacial score (nSPS) is 18.6. The van der Waals surface area contributed by atoms with Crippen LogP contribution in [0.4, 0.5) is 0 Å². The average Bonchev–Trinajstić information content (AvgIpc) is 2.95. The molecule has 2 aromatic rings. The quantitative estimate of drug-likeness (QED) is 0.928. The maximum atomic E-state index is 6.04. The molecular formula is C17H22N2O. The Bertz CT molecular complexity index is 601. The second-order valence-corrected chi connectivity index (χ2v) is 5.89. The van der Waals surface area contributed by atoms with E-state index < -0.39 is 0 Å². The van der Waals surface area contributed by atoms with Crippen LogP contribution in [0, 0.1) is 6.92 Å². The number of nitrogens with zero attached hydrogens (tertiary/aromatic N) is 1. The van der Waals surface area contributed by atoms with Crippen LogP contribution >= 0.6 is 0 Å². The first-order valence-electron chi connectivity index (χ1n) is 7.27. The van der Waals surface area contributed by atoms with E-state index in [4.69, 9.17) is 10.5 Å². The monoisotopic (exact) mass is 270 g/mol. The fourth-order valence-electron chi connectivity index (χ4n) is 2.91.